The van der Waals surface area contributed by atoms with Crippen LogP contribution < -0.4 is 10.6 Å². The Kier molecular flexibility index (Phi) is 7.70. The molecule has 2 aromatic rings. The van der Waals surface area contributed by atoms with Gasteiger partial charge in [-0.1, -0.05) is 35.6 Å². The molecule has 0 bridgehead atoms. The van der Waals surface area contributed by atoms with Gasteiger partial charge in [0.25, 0.3) is 0 Å². The van der Waals surface area contributed by atoms with Crippen molar-refractivity contribution in [2.75, 3.05) is 16.4 Å². The Morgan fingerprint density at radius 3 is 2.88 bits per heavy atom. The number of anilines is 2. The summed E-state index contributed by atoms with van der Waals surface area (Å²) in [4.78, 5) is 12.0. The van der Waals surface area contributed by atoms with E-state index in [1.807, 2.05) is 6.07 Å². The average molecular weight is 372 g/mol. The predicted molar refractivity (Wildman–Crippen MR) is 98.5 cm³/mol. The van der Waals surface area contributed by atoms with Gasteiger partial charge in [0.2, 0.25) is 5.13 Å². The van der Waals surface area contributed by atoms with Gasteiger partial charge < -0.3 is 5.32 Å². The molecule has 2 N–H and O–H groups in total. The van der Waals surface area contributed by atoms with E-state index in [4.69, 9.17) is 10.5 Å². The van der Waals surface area contributed by atoms with Crippen LogP contribution in [0.3, 0.4) is 0 Å². The van der Waals surface area contributed by atoms with Crippen LogP contribution in [0.25, 0.3) is 0 Å². The molecule has 1 aromatic carbocycles. The Bertz CT molecular complexity index is 792. The van der Waals surface area contributed by atoms with Gasteiger partial charge in [0.1, 0.15) is 0 Å². The van der Waals surface area contributed by atoms with Crippen LogP contribution in [0.4, 0.5) is 15.6 Å². The molecule has 0 atom stereocenters. The van der Waals surface area contributed by atoms with Crippen molar-refractivity contribution in [1.29, 1.82) is 10.5 Å². The minimum Gasteiger partial charge on any atom is -0.308 e. The first-order chi connectivity index (χ1) is 12.2. The second-order valence-corrected chi connectivity index (χ2v) is 7.28. The number of rotatable bonds is 8. The minimum atomic E-state index is -0.431. The number of aromatic nitrogens is 2. The number of carbonyl (C=O) groups excluding carboxylic acids is 1. The van der Waals surface area contributed by atoms with Crippen molar-refractivity contribution in [3.63, 3.8) is 0 Å². The summed E-state index contributed by atoms with van der Waals surface area (Å²) in [7, 11) is 0. The van der Waals surface area contributed by atoms with Crippen molar-refractivity contribution in [1.82, 2.24) is 10.2 Å². The van der Waals surface area contributed by atoms with E-state index in [1.165, 1.54) is 11.3 Å². The highest BCUT2D eigenvalue weighted by molar-refractivity contribution is 8.01. The molecule has 2 amide bonds. The molecule has 0 spiro atoms. The molecule has 2 rings (SSSR count). The molecule has 1 aromatic heterocycles. The lowest BCUT2D eigenvalue weighted by Crippen LogP contribution is -2.19. The Morgan fingerprint density at radius 2 is 2.08 bits per heavy atom. The molecule has 0 aliphatic rings. The molecule has 0 fully saturated rings. The van der Waals surface area contributed by atoms with Crippen LogP contribution in [0.5, 0.6) is 0 Å². The summed E-state index contributed by atoms with van der Waals surface area (Å²) >= 11 is 2.90. The standard InChI is InChI=1S/C16H16N6OS2/c17-8-3-1-2-4-9-24-16-22-21-15(25-16)20-14(23)19-13-7-5-6-12(10-13)11-18/h5-7,10H,1-4,9H2,(H2,19,20,21,23). The molecule has 0 saturated carbocycles. The lowest BCUT2D eigenvalue weighted by Gasteiger charge is -2.04. The van der Waals surface area contributed by atoms with Gasteiger partial charge in [-0.2, -0.15) is 10.5 Å². The molecule has 7 nitrogen and oxygen atoms in total. The van der Waals surface area contributed by atoms with E-state index < -0.39 is 6.03 Å². The molecule has 0 aliphatic carbocycles. The fourth-order valence-corrected chi connectivity index (χ4v) is 3.70. The Balaban J connectivity index is 1.75. The molecule has 25 heavy (non-hydrogen) atoms. The quantitative estimate of drug-likeness (QED) is 0.407. The maximum absolute atomic E-state index is 12.0. The highest BCUT2D eigenvalue weighted by Gasteiger charge is 2.09. The van der Waals surface area contributed by atoms with E-state index in [0.717, 1.165) is 29.4 Å². The Hall–Kier alpha value is -2.62. The molecule has 128 valence electrons. The second-order valence-electron chi connectivity index (χ2n) is 4.96. The number of hydrogen-bond donors (Lipinski definition) is 2. The number of thioether (sulfide) groups is 1. The van der Waals surface area contributed by atoms with E-state index in [2.05, 4.69) is 26.9 Å². The van der Waals surface area contributed by atoms with E-state index in [-0.39, 0.29) is 0 Å². The summed E-state index contributed by atoms with van der Waals surface area (Å²) in [5, 5.41) is 31.0. The lowest BCUT2D eigenvalue weighted by atomic mass is 10.2. The van der Waals surface area contributed by atoms with E-state index in [0.29, 0.717) is 22.8 Å². The van der Waals surface area contributed by atoms with Gasteiger partial charge in [0.15, 0.2) is 4.34 Å². The predicted octanol–water partition coefficient (Wildman–Crippen LogP) is 4.23. The van der Waals surface area contributed by atoms with Crippen LogP contribution in [0.15, 0.2) is 28.6 Å². The number of urea groups is 1. The highest BCUT2D eigenvalue weighted by atomic mass is 32.2. The van der Waals surface area contributed by atoms with Gasteiger partial charge in [-0.25, -0.2) is 4.79 Å². The summed E-state index contributed by atoms with van der Waals surface area (Å²) in [6.45, 7) is 0. The molecule has 1 heterocycles. The summed E-state index contributed by atoms with van der Waals surface area (Å²) in [5.41, 5.74) is 1.01. The molecular formula is C16H16N6OS2. The van der Waals surface area contributed by atoms with Crippen LogP contribution in [-0.2, 0) is 0 Å². The normalized spacial score (nSPS) is 9.84. The first-order valence-corrected chi connectivity index (χ1v) is 9.43. The number of nitrogens with zero attached hydrogens (tertiary/aromatic N) is 4. The molecule has 0 unspecified atom stereocenters. The zero-order valence-corrected chi connectivity index (χ0v) is 15.0. The van der Waals surface area contributed by atoms with Gasteiger partial charge in [0, 0.05) is 17.9 Å². The zero-order chi connectivity index (χ0) is 17.9. The molecule has 0 aliphatic heterocycles. The zero-order valence-electron chi connectivity index (χ0n) is 13.4. The third kappa shape index (κ3) is 6.79. The van der Waals surface area contributed by atoms with Gasteiger partial charge in [-0.05, 0) is 31.0 Å². The fourth-order valence-electron chi connectivity index (χ4n) is 1.89. The van der Waals surface area contributed by atoms with Gasteiger partial charge in [0.05, 0.1) is 17.7 Å². The maximum Gasteiger partial charge on any atom is 0.325 e. The van der Waals surface area contributed by atoms with E-state index in [1.54, 1.807) is 36.0 Å². The number of nitriles is 2. The monoisotopic (exact) mass is 372 g/mol. The summed E-state index contributed by atoms with van der Waals surface area (Å²) < 4.78 is 0.794. The minimum absolute atomic E-state index is 0.418. The smallest absolute Gasteiger partial charge is 0.308 e. The number of nitrogens with one attached hydrogen (secondary N) is 2. The van der Waals surface area contributed by atoms with Crippen LogP contribution in [-0.4, -0.2) is 22.0 Å². The largest absolute Gasteiger partial charge is 0.325 e. The highest BCUT2D eigenvalue weighted by Crippen LogP contribution is 2.26. The van der Waals surface area contributed by atoms with Crippen molar-refractivity contribution >= 4 is 39.9 Å². The lowest BCUT2D eigenvalue weighted by molar-refractivity contribution is 0.262. The molecular weight excluding hydrogens is 356 g/mol. The SMILES string of the molecule is N#CCCCCCSc1nnc(NC(=O)Nc2cccc(C#N)c2)s1. The summed E-state index contributed by atoms with van der Waals surface area (Å²) in [5.74, 6) is 0.910. The molecule has 0 saturated heterocycles. The van der Waals surface area contributed by atoms with Crippen molar-refractivity contribution in [2.45, 2.75) is 30.0 Å². The second kappa shape index (κ2) is 10.3. The topological polar surface area (TPSA) is 114 Å². The fraction of sp³-hybridized carbons (Fsp3) is 0.312. The maximum atomic E-state index is 12.0. The molecule has 0 radical (unpaired) electrons. The third-order valence-electron chi connectivity index (χ3n) is 3.03. The van der Waals surface area contributed by atoms with Crippen molar-refractivity contribution < 1.29 is 4.79 Å². The van der Waals surface area contributed by atoms with Gasteiger partial charge in [-0.3, -0.25) is 5.32 Å². The van der Waals surface area contributed by atoms with Crippen LogP contribution in [0.1, 0.15) is 31.2 Å². The number of carbonyl (C=O) groups is 1. The van der Waals surface area contributed by atoms with Crippen LogP contribution in [0.2, 0.25) is 0 Å². The number of unbranched alkanes of at least 4 members (excludes halogenated alkanes) is 3. The van der Waals surface area contributed by atoms with Crippen molar-refractivity contribution in [3.8, 4) is 12.1 Å². The van der Waals surface area contributed by atoms with Crippen LogP contribution >= 0.6 is 23.1 Å². The summed E-state index contributed by atoms with van der Waals surface area (Å²) in [6, 6.07) is 10.4. The first-order valence-electron chi connectivity index (χ1n) is 7.62. The first kappa shape index (κ1) is 18.7. The average Bonchev–Trinajstić information content (AvgIpc) is 3.05. The van der Waals surface area contributed by atoms with E-state index >= 15 is 0 Å². The van der Waals surface area contributed by atoms with Crippen molar-refractivity contribution in [2.24, 2.45) is 0 Å². The summed E-state index contributed by atoms with van der Waals surface area (Å²) in [6.07, 6.45) is 3.57. The number of hydrogen-bond acceptors (Lipinski definition) is 7. The Morgan fingerprint density at radius 1 is 1.20 bits per heavy atom. The molecule has 9 heteroatoms. The van der Waals surface area contributed by atoms with Gasteiger partial charge in [-0.15, -0.1) is 10.2 Å². The van der Waals surface area contributed by atoms with E-state index in [9.17, 15) is 4.79 Å². The van der Waals surface area contributed by atoms with Gasteiger partial charge >= 0.3 is 6.03 Å². The number of amides is 2. The third-order valence-corrected chi connectivity index (χ3v) is 5.09. The Labute approximate surface area is 154 Å². The number of benzene rings is 1. The van der Waals surface area contributed by atoms with Crippen molar-refractivity contribution in [3.05, 3.63) is 29.8 Å². The van der Waals surface area contributed by atoms with Crippen LogP contribution in [0, 0.1) is 22.7 Å².